The Kier molecular flexibility index (Phi) is 4.29. The summed E-state index contributed by atoms with van der Waals surface area (Å²) in [7, 11) is -2.10. The molecule has 21 heavy (non-hydrogen) atoms. The third kappa shape index (κ3) is 2.91. The molecule has 0 fully saturated rings. The van der Waals surface area contributed by atoms with Crippen molar-refractivity contribution in [3.8, 4) is 0 Å². The number of pyridine rings is 1. The molecule has 5 nitrogen and oxygen atoms in total. The van der Waals surface area contributed by atoms with E-state index < -0.39 is 10.0 Å². The molecule has 2 aromatic rings. The van der Waals surface area contributed by atoms with Crippen LogP contribution in [0.1, 0.15) is 24.1 Å². The fourth-order valence-electron chi connectivity index (χ4n) is 2.23. The van der Waals surface area contributed by atoms with E-state index in [2.05, 4.69) is 4.98 Å². The van der Waals surface area contributed by atoms with E-state index in [9.17, 15) is 8.42 Å². The third-order valence-corrected chi connectivity index (χ3v) is 5.76. The Morgan fingerprint density at radius 1 is 1.19 bits per heavy atom. The van der Waals surface area contributed by atoms with Gasteiger partial charge in [0.1, 0.15) is 4.90 Å². The molecule has 0 amide bonds. The van der Waals surface area contributed by atoms with Crippen LogP contribution in [-0.2, 0) is 10.0 Å². The first kappa shape index (κ1) is 15.5. The molecular formula is C15H19N3O2S. The van der Waals surface area contributed by atoms with E-state index in [4.69, 9.17) is 5.73 Å². The van der Waals surface area contributed by atoms with Crippen LogP contribution in [0.3, 0.4) is 0 Å². The Balaban J connectivity index is 2.45. The summed E-state index contributed by atoms with van der Waals surface area (Å²) in [4.78, 5) is 4.12. The van der Waals surface area contributed by atoms with Gasteiger partial charge in [0.15, 0.2) is 0 Å². The molecule has 0 spiro atoms. The lowest BCUT2D eigenvalue weighted by Crippen LogP contribution is -2.31. The van der Waals surface area contributed by atoms with E-state index in [-0.39, 0.29) is 16.6 Å². The molecule has 0 aliphatic carbocycles. The molecule has 1 atom stereocenters. The topological polar surface area (TPSA) is 76.3 Å². The summed E-state index contributed by atoms with van der Waals surface area (Å²) >= 11 is 0. The van der Waals surface area contributed by atoms with Gasteiger partial charge in [-0.25, -0.2) is 8.42 Å². The number of hydrogen-bond donors (Lipinski definition) is 1. The van der Waals surface area contributed by atoms with E-state index in [0.29, 0.717) is 5.56 Å². The zero-order chi connectivity index (χ0) is 15.6. The summed E-state index contributed by atoms with van der Waals surface area (Å²) in [6.45, 7) is 3.58. The van der Waals surface area contributed by atoms with Gasteiger partial charge >= 0.3 is 0 Å². The Morgan fingerprint density at radius 3 is 2.38 bits per heavy atom. The van der Waals surface area contributed by atoms with E-state index in [1.807, 2.05) is 6.92 Å². The number of nitrogens with two attached hydrogens (primary N) is 1. The first-order chi connectivity index (χ1) is 9.85. The summed E-state index contributed by atoms with van der Waals surface area (Å²) < 4.78 is 27.0. The van der Waals surface area contributed by atoms with Gasteiger partial charge in [0, 0.05) is 25.5 Å². The maximum atomic E-state index is 12.8. The first-order valence-corrected chi connectivity index (χ1v) is 8.02. The van der Waals surface area contributed by atoms with Gasteiger partial charge in [0.2, 0.25) is 10.0 Å². The highest BCUT2D eigenvalue weighted by Crippen LogP contribution is 2.30. The second-order valence-corrected chi connectivity index (χ2v) is 6.91. The standard InChI is InChI=1S/C15H19N3O2S/c1-11-5-4-6-14(16)15(11)21(19,20)18(3)12(2)13-7-9-17-10-8-13/h4-10,12H,16H2,1-3H3. The molecule has 2 N–H and O–H groups in total. The van der Waals surface area contributed by atoms with Gasteiger partial charge in [0.05, 0.1) is 5.69 Å². The maximum absolute atomic E-state index is 12.8. The van der Waals surface area contributed by atoms with Crippen LogP contribution in [0.2, 0.25) is 0 Å². The minimum Gasteiger partial charge on any atom is -0.398 e. The van der Waals surface area contributed by atoms with Crippen LogP contribution in [0, 0.1) is 6.92 Å². The Morgan fingerprint density at radius 2 is 1.81 bits per heavy atom. The second-order valence-electron chi connectivity index (χ2n) is 4.97. The number of nitrogen functional groups attached to an aromatic ring is 1. The summed E-state index contributed by atoms with van der Waals surface area (Å²) in [6.07, 6.45) is 3.29. The number of aromatic nitrogens is 1. The van der Waals surface area contributed by atoms with Crippen molar-refractivity contribution < 1.29 is 8.42 Å². The number of benzene rings is 1. The van der Waals surface area contributed by atoms with Crippen molar-refractivity contribution in [2.75, 3.05) is 12.8 Å². The number of aryl methyl sites for hydroxylation is 1. The van der Waals surface area contributed by atoms with Crippen LogP contribution in [0.25, 0.3) is 0 Å². The molecule has 0 radical (unpaired) electrons. The van der Waals surface area contributed by atoms with Gasteiger partial charge in [0.25, 0.3) is 0 Å². The normalized spacial score (nSPS) is 13.3. The van der Waals surface area contributed by atoms with E-state index in [1.54, 1.807) is 56.7 Å². The molecule has 0 aliphatic heterocycles. The van der Waals surface area contributed by atoms with Crippen LogP contribution in [0.5, 0.6) is 0 Å². The zero-order valence-corrected chi connectivity index (χ0v) is 13.1. The quantitative estimate of drug-likeness (QED) is 0.880. The van der Waals surface area contributed by atoms with Crippen LogP contribution < -0.4 is 5.73 Å². The van der Waals surface area contributed by atoms with Crippen LogP contribution >= 0.6 is 0 Å². The molecule has 1 heterocycles. The molecule has 6 heteroatoms. The number of hydrogen-bond acceptors (Lipinski definition) is 4. The van der Waals surface area contributed by atoms with Gasteiger partial charge < -0.3 is 5.73 Å². The molecule has 1 unspecified atom stereocenters. The minimum absolute atomic E-state index is 0.174. The highest BCUT2D eigenvalue weighted by Gasteiger charge is 2.29. The van der Waals surface area contributed by atoms with Crippen molar-refractivity contribution >= 4 is 15.7 Å². The SMILES string of the molecule is Cc1cccc(N)c1S(=O)(=O)N(C)C(C)c1ccncc1. The fraction of sp³-hybridized carbons (Fsp3) is 0.267. The summed E-state index contributed by atoms with van der Waals surface area (Å²) in [5.74, 6) is 0. The minimum atomic E-state index is -3.66. The summed E-state index contributed by atoms with van der Waals surface area (Å²) in [5.41, 5.74) is 7.66. The lowest BCUT2D eigenvalue weighted by atomic mass is 10.1. The molecule has 2 rings (SSSR count). The molecule has 112 valence electrons. The molecular weight excluding hydrogens is 286 g/mol. The summed E-state index contributed by atoms with van der Waals surface area (Å²) in [6, 6.07) is 8.39. The predicted octanol–water partition coefficient (Wildman–Crippen LogP) is 2.35. The van der Waals surface area contributed by atoms with Gasteiger partial charge in [-0.15, -0.1) is 0 Å². The van der Waals surface area contributed by atoms with E-state index in [1.165, 1.54) is 4.31 Å². The number of rotatable bonds is 4. The fourth-order valence-corrected chi connectivity index (χ4v) is 3.90. The van der Waals surface area contributed by atoms with Crippen LogP contribution in [-0.4, -0.2) is 24.8 Å². The van der Waals surface area contributed by atoms with Crippen molar-refractivity contribution in [2.45, 2.75) is 24.8 Å². The van der Waals surface area contributed by atoms with Gasteiger partial charge in [-0.05, 0) is 43.2 Å². The van der Waals surface area contributed by atoms with Crippen molar-refractivity contribution in [3.05, 3.63) is 53.9 Å². The largest absolute Gasteiger partial charge is 0.398 e. The highest BCUT2D eigenvalue weighted by molar-refractivity contribution is 7.89. The monoisotopic (exact) mass is 305 g/mol. The zero-order valence-electron chi connectivity index (χ0n) is 12.3. The lowest BCUT2D eigenvalue weighted by molar-refractivity contribution is 0.398. The van der Waals surface area contributed by atoms with Gasteiger partial charge in [-0.2, -0.15) is 4.31 Å². The first-order valence-electron chi connectivity index (χ1n) is 6.58. The van der Waals surface area contributed by atoms with Gasteiger partial charge in [-0.3, -0.25) is 4.98 Å². The Hall–Kier alpha value is -1.92. The average Bonchev–Trinajstić information content (AvgIpc) is 2.46. The predicted molar refractivity (Wildman–Crippen MR) is 83.2 cm³/mol. The second kappa shape index (κ2) is 5.83. The number of nitrogens with zero attached hydrogens (tertiary/aromatic N) is 2. The van der Waals surface area contributed by atoms with Crippen LogP contribution in [0.4, 0.5) is 5.69 Å². The Bertz CT molecular complexity index is 710. The number of anilines is 1. The third-order valence-electron chi connectivity index (χ3n) is 3.61. The van der Waals surface area contributed by atoms with Crippen LogP contribution in [0.15, 0.2) is 47.6 Å². The molecule has 0 saturated carbocycles. The van der Waals surface area contributed by atoms with Crippen molar-refractivity contribution in [1.29, 1.82) is 0 Å². The Labute approximate surface area is 125 Å². The van der Waals surface area contributed by atoms with E-state index >= 15 is 0 Å². The highest BCUT2D eigenvalue weighted by atomic mass is 32.2. The smallest absolute Gasteiger partial charge is 0.245 e. The maximum Gasteiger partial charge on any atom is 0.245 e. The van der Waals surface area contributed by atoms with Gasteiger partial charge in [-0.1, -0.05) is 12.1 Å². The van der Waals surface area contributed by atoms with Crippen molar-refractivity contribution in [1.82, 2.24) is 9.29 Å². The summed E-state index contributed by atoms with van der Waals surface area (Å²) in [5, 5.41) is 0. The van der Waals surface area contributed by atoms with Crippen molar-refractivity contribution in [3.63, 3.8) is 0 Å². The molecule has 1 aromatic heterocycles. The van der Waals surface area contributed by atoms with E-state index in [0.717, 1.165) is 5.56 Å². The molecule has 0 saturated heterocycles. The van der Waals surface area contributed by atoms with Crippen molar-refractivity contribution in [2.24, 2.45) is 0 Å². The molecule has 0 aliphatic rings. The average molecular weight is 305 g/mol. The molecule has 1 aromatic carbocycles. The number of sulfonamides is 1. The molecule has 0 bridgehead atoms. The lowest BCUT2D eigenvalue weighted by Gasteiger charge is -2.26.